The summed E-state index contributed by atoms with van der Waals surface area (Å²) in [6.07, 6.45) is 7.30. The van der Waals surface area contributed by atoms with Crippen LogP contribution in [-0.4, -0.2) is 55.7 Å². The first-order chi connectivity index (χ1) is 12.8. The lowest BCUT2D eigenvalue weighted by molar-refractivity contribution is 0.197. The van der Waals surface area contributed by atoms with Crippen LogP contribution >= 0.6 is 0 Å². The van der Waals surface area contributed by atoms with Gasteiger partial charge in [-0.05, 0) is 56.2 Å². The Balaban J connectivity index is 1.27. The third-order valence-corrected chi connectivity index (χ3v) is 5.70. The van der Waals surface area contributed by atoms with Crippen LogP contribution in [0.4, 0.5) is 0 Å². The van der Waals surface area contributed by atoms with Crippen molar-refractivity contribution in [2.75, 3.05) is 32.8 Å². The van der Waals surface area contributed by atoms with Gasteiger partial charge in [-0.15, -0.1) is 0 Å². The van der Waals surface area contributed by atoms with Gasteiger partial charge in [-0.2, -0.15) is 0 Å². The summed E-state index contributed by atoms with van der Waals surface area (Å²) in [7, 11) is 0. The molecule has 5 nitrogen and oxygen atoms in total. The van der Waals surface area contributed by atoms with Gasteiger partial charge in [0.25, 0.3) is 0 Å². The number of nitrogens with zero attached hydrogens (tertiary/aromatic N) is 2. The number of aliphatic imine (C=N–C) groups is 1. The molecule has 4 rings (SSSR count). The molecule has 0 atom stereocenters. The van der Waals surface area contributed by atoms with E-state index in [2.05, 4.69) is 40.7 Å². The van der Waals surface area contributed by atoms with Gasteiger partial charge < -0.3 is 20.3 Å². The molecular formula is C21H32N4O. The second kappa shape index (κ2) is 8.30. The molecule has 26 heavy (non-hydrogen) atoms. The smallest absolute Gasteiger partial charge is 0.191 e. The molecular weight excluding hydrogens is 324 g/mol. The highest BCUT2D eigenvalue weighted by molar-refractivity contribution is 5.80. The second-order valence-corrected chi connectivity index (χ2v) is 7.74. The number of hydrogen-bond donors (Lipinski definition) is 2. The molecule has 1 saturated carbocycles. The fourth-order valence-corrected chi connectivity index (χ4v) is 4.05. The van der Waals surface area contributed by atoms with E-state index in [0.717, 1.165) is 50.3 Å². The maximum Gasteiger partial charge on any atom is 0.191 e. The van der Waals surface area contributed by atoms with Crippen molar-refractivity contribution in [1.82, 2.24) is 15.5 Å². The molecule has 1 saturated heterocycles. The summed E-state index contributed by atoms with van der Waals surface area (Å²) in [5.41, 5.74) is 2.70. The third-order valence-electron chi connectivity index (χ3n) is 5.70. The predicted octanol–water partition coefficient (Wildman–Crippen LogP) is 2.35. The van der Waals surface area contributed by atoms with Gasteiger partial charge in [0, 0.05) is 44.7 Å². The summed E-state index contributed by atoms with van der Waals surface area (Å²) in [6.45, 7) is 7.15. The zero-order chi connectivity index (χ0) is 17.8. The van der Waals surface area contributed by atoms with Crippen molar-refractivity contribution >= 4 is 5.96 Å². The third kappa shape index (κ3) is 4.50. The summed E-state index contributed by atoms with van der Waals surface area (Å²) in [5, 5.41) is 7.07. The highest BCUT2D eigenvalue weighted by Crippen LogP contribution is 2.29. The number of piperidine rings is 1. The number of benzene rings is 1. The number of ether oxygens (including phenoxy) is 1. The van der Waals surface area contributed by atoms with Crippen LogP contribution in [0.2, 0.25) is 0 Å². The second-order valence-electron chi connectivity index (χ2n) is 7.74. The molecule has 5 heteroatoms. The van der Waals surface area contributed by atoms with E-state index in [1.54, 1.807) is 0 Å². The van der Waals surface area contributed by atoms with Gasteiger partial charge in [0.1, 0.15) is 5.75 Å². The van der Waals surface area contributed by atoms with Gasteiger partial charge >= 0.3 is 0 Å². The molecule has 3 aliphatic rings. The van der Waals surface area contributed by atoms with Gasteiger partial charge in [-0.3, -0.25) is 4.99 Å². The van der Waals surface area contributed by atoms with E-state index in [1.807, 2.05) is 0 Å². The van der Waals surface area contributed by atoms with Gasteiger partial charge in [-0.25, -0.2) is 0 Å². The Hall–Kier alpha value is -1.75. The first-order valence-electron chi connectivity index (χ1n) is 10.4. The standard InChI is InChI=1S/C21H32N4O/c1-2-22-21(24-18-8-12-25(13-9-18)19-4-5-19)23-11-7-16-3-6-20-17(15-16)10-14-26-20/h3,6,15,18-19H,2,4-5,7-14H2,1H3,(H2,22,23,24). The van der Waals surface area contributed by atoms with Crippen LogP contribution in [0.5, 0.6) is 5.75 Å². The molecule has 2 fully saturated rings. The van der Waals surface area contributed by atoms with Crippen molar-refractivity contribution in [3.63, 3.8) is 0 Å². The van der Waals surface area contributed by atoms with Gasteiger partial charge in [0.05, 0.1) is 6.61 Å². The summed E-state index contributed by atoms with van der Waals surface area (Å²) in [5.74, 6) is 2.03. The fraction of sp³-hybridized carbons (Fsp3) is 0.667. The lowest BCUT2D eigenvalue weighted by Gasteiger charge is -2.33. The van der Waals surface area contributed by atoms with E-state index in [0.29, 0.717) is 6.04 Å². The van der Waals surface area contributed by atoms with Crippen LogP contribution in [0, 0.1) is 0 Å². The van der Waals surface area contributed by atoms with Gasteiger partial charge in [0.15, 0.2) is 5.96 Å². The van der Waals surface area contributed by atoms with E-state index in [1.165, 1.54) is 49.9 Å². The molecule has 0 aromatic heterocycles. The lowest BCUT2D eigenvalue weighted by atomic mass is 10.1. The molecule has 1 aliphatic carbocycles. The highest BCUT2D eigenvalue weighted by atomic mass is 16.5. The number of guanidine groups is 1. The predicted molar refractivity (Wildman–Crippen MR) is 106 cm³/mol. The summed E-state index contributed by atoms with van der Waals surface area (Å²) in [4.78, 5) is 7.48. The molecule has 2 N–H and O–H groups in total. The minimum atomic E-state index is 0.556. The van der Waals surface area contributed by atoms with Crippen molar-refractivity contribution in [1.29, 1.82) is 0 Å². The van der Waals surface area contributed by atoms with E-state index < -0.39 is 0 Å². The van der Waals surface area contributed by atoms with Crippen LogP contribution in [-0.2, 0) is 12.8 Å². The number of fused-ring (bicyclic) bond motifs is 1. The van der Waals surface area contributed by atoms with E-state index in [4.69, 9.17) is 9.73 Å². The Morgan fingerprint density at radius 1 is 1.23 bits per heavy atom. The van der Waals surface area contributed by atoms with Gasteiger partial charge in [0.2, 0.25) is 0 Å². The van der Waals surface area contributed by atoms with Crippen molar-refractivity contribution in [3.8, 4) is 5.75 Å². The van der Waals surface area contributed by atoms with Crippen LogP contribution in [0.25, 0.3) is 0 Å². The Labute approximate surface area is 157 Å². The summed E-state index contributed by atoms with van der Waals surface area (Å²) >= 11 is 0. The summed E-state index contributed by atoms with van der Waals surface area (Å²) in [6, 6.07) is 8.02. The minimum absolute atomic E-state index is 0.556. The molecule has 0 bridgehead atoms. The number of nitrogens with one attached hydrogen (secondary N) is 2. The first-order valence-corrected chi connectivity index (χ1v) is 10.4. The monoisotopic (exact) mass is 356 g/mol. The Morgan fingerprint density at radius 3 is 2.85 bits per heavy atom. The van der Waals surface area contributed by atoms with Crippen molar-refractivity contribution in [3.05, 3.63) is 29.3 Å². The molecule has 0 radical (unpaired) electrons. The van der Waals surface area contributed by atoms with Crippen LogP contribution < -0.4 is 15.4 Å². The average Bonchev–Trinajstić information content (AvgIpc) is 3.40. The van der Waals surface area contributed by atoms with E-state index in [9.17, 15) is 0 Å². The van der Waals surface area contributed by atoms with Crippen LogP contribution in [0.15, 0.2) is 23.2 Å². The molecule has 1 aromatic rings. The normalized spacial score (nSPS) is 21.3. The molecule has 0 unspecified atom stereocenters. The highest BCUT2D eigenvalue weighted by Gasteiger charge is 2.31. The SMILES string of the molecule is CCNC(=NCCc1ccc2c(c1)CCO2)NC1CCN(C2CC2)CC1. The van der Waals surface area contributed by atoms with Crippen molar-refractivity contribution in [2.24, 2.45) is 4.99 Å². The molecule has 2 heterocycles. The molecule has 2 aliphatic heterocycles. The number of rotatable bonds is 6. The van der Waals surface area contributed by atoms with E-state index in [-0.39, 0.29) is 0 Å². The number of likely N-dealkylation sites (tertiary alicyclic amines) is 1. The zero-order valence-electron chi connectivity index (χ0n) is 16.0. The Morgan fingerprint density at radius 2 is 2.08 bits per heavy atom. The van der Waals surface area contributed by atoms with Crippen LogP contribution in [0.3, 0.4) is 0 Å². The van der Waals surface area contributed by atoms with Crippen molar-refractivity contribution < 1.29 is 4.74 Å². The average molecular weight is 357 g/mol. The minimum Gasteiger partial charge on any atom is -0.493 e. The zero-order valence-corrected chi connectivity index (χ0v) is 16.0. The topological polar surface area (TPSA) is 48.9 Å². The largest absolute Gasteiger partial charge is 0.493 e. The molecule has 0 amide bonds. The maximum absolute atomic E-state index is 5.59. The Bertz CT molecular complexity index is 633. The summed E-state index contributed by atoms with van der Waals surface area (Å²) < 4.78 is 5.59. The van der Waals surface area contributed by atoms with Crippen LogP contribution in [0.1, 0.15) is 43.7 Å². The quantitative estimate of drug-likeness (QED) is 0.607. The maximum atomic E-state index is 5.59. The van der Waals surface area contributed by atoms with Crippen molar-refractivity contribution in [2.45, 2.75) is 57.5 Å². The molecule has 0 spiro atoms. The lowest BCUT2D eigenvalue weighted by Crippen LogP contribution is -2.49. The molecule has 142 valence electrons. The first kappa shape index (κ1) is 17.7. The molecule has 1 aromatic carbocycles. The number of hydrogen-bond acceptors (Lipinski definition) is 3. The van der Waals surface area contributed by atoms with Gasteiger partial charge in [-0.1, -0.05) is 12.1 Å². The Kier molecular flexibility index (Phi) is 5.63. The van der Waals surface area contributed by atoms with E-state index >= 15 is 0 Å². The fourth-order valence-electron chi connectivity index (χ4n) is 4.05.